The normalized spacial score (nSPS) is 12.5. The van der Waals surface area contributed by atoms with Crippen LogP contribution >= 0.6 is 22.2 Å². The number of hydrogen-bond acceptors (Lipinski definition) is 1. The molecule has 1 rings (SSSR count). The van der Waals surface area contributed by atoms with Gasteiger partial charge in [0, 0.05) is 0 Å². The Morgan fingerprint density at radius 2 is 1.75 bits per heavy atom. The second-order valence-corrected chi connectivity index (χ2v) is 7.22. The van der Waals surface area contributed by atoms with E-state index in [2.05, 4.69) is 24.6 Å². The van der Waals surface area contributed by atoms with Gasteiger partial charge >= 0.3 is 0 Å². The second kappa shape index (κ2) is 3.46. The molecule has 0 unspecified atom stereocenters. The minimum absolute atomic E-state index is 0.619. The van der Waals surface area contributed by atoms with E-state index in [1.807, 2.05) is 18.2 Å². The summed E-state index contributed by atoms with van der Waals surface area (Å²) in [5, 5.41) is 0. The highest BCUT2D eigenvalue weighted by Gasteiger charge is 2.16. The molecule has 0 fully saturated rings. The molecule has 2 N–H and O–H groups in total. The Kier molecular flexibility index (Phi) is 2.75. The number of thiocarbonyl (C=S) groups is 1. The Bertz CT molecular complexity index is 280. The van der Waals surface area contributed by atoms with E-state index in [9.17, 15) is 0 Å². The maximum Gasteiger partial charge on any atom is 0.117 e. The highest BCUT2D eigenvalue weighted by atomic mass is 32.3. The van der Waals surface area contributed by atoms with E-state index >= 15 is 0 Å². The monoisotopic (exact) mass is 199 g/mol. The minimum atomic E-state index is -1.07. The van der Waals surface area contributed by atoms with E-state index in [0.717, 1.165) is 0 Å². The van der Waals surface area contributed by atoms with Gasteiger partial charge in [0.15, 0.2) is 0 Å². The van der Waals surface area contributed by atoms with Gasteiger partial charge in [0.25, 0.3) is 0 Å². The summed E-state index contributed by atoms with van der Waals surface area (Å²) in [6.45, 7) is 0. The lowest BCUT2D eigenvalue weighted by Gasteiger charge is -2.29. The summed E-state index contributed by atoms with van der Waals surface area (Å²) in [5.74, 6) is 0. The van der Waals surface area contributed by atoms with Crippen LogP contribution in [0.2, 0.25) is 0 Å². The van der Waals surface area contributed by atoms with Gasteiger partial charge in [-0.3, -0.25) is 0 Å². The average Bonchev–Trinajstić information content (AvgIpc) is 2.06. The predicted molar refractivity (Wildman–Crippen MR) is 60.9 cm³/mol. The van der Waals surface area contributed by atoms with Gasteiger partial charge in [-0.2, -0.15) is 10.0 Å². The molecule has 0 saturated carbocycles. The van der Waals surface area contributed by atoms with Crippen molar-refractivity contribution in [2.45, 2.75) is 4.90 Å². The summed E-state index contributed by atoms with van der Waals surface area (Å²) in [6.07, 6.45) is 4.23. The topological polar surface area (TPSA) is 26.0 Å². The number of hydrogen-bond donors (Lipinski definition) is 1. The van der Waals surface area contributed by atoms with Crippen LogP contribution in [-0.4, -0.2) is 16.8 Å². The summed E-state index contributed by atoms with van der Waals surface area (Å²) < 4.78 is 0.619. The first-order valence-electron chi connectivity index (χ1n) is 3.63. The number of nitrogens with two attached hydrogens (primary N) is 1. The molecule has 0 bridgehead atoms. The van der Waals surface area contributed by atoms with Gasteiger partial charge in [-0.15, -0.1) is 0 Å². The van der Waals surface area contributed by atoms with E-state index in [0.29, 0.717) is 4.32 Å². The maximum absolute atomic E-state index is 5.67. The molecule has 0 saturated heterocycles. The average molecular weight is 199 g/mol. The van der Waals surface area contributed by atoms with Crippen molar-refractivity contribution < 1.29 is 0 Å². The second-order valence-electron chi connectivity index (χ2n) is 2.96. The van der Waals surface area contributed by atoms with Gasteiger partial charge in [-0.25, -0.2) is 0 Å². The molecule has 0 radical (unpaired) electrons. The molecule has 1 aromatic rings. The van der Waals surface area contributed by atoms with Crippen molar-refractivity contribution >= 4 is 26.6 Å². The molecule has 0 atom stereocenters. The van der Waals surface area contributed by atoms with Crippen molar-refractivity contribution in [3.05, 3.63) is 30.3 Å². The van der Waals surface area contributed by atoms with Crippen LogP contribution in [0.4, 0.5) is 0 Å². The van der Waals surface area contributed by atoms with Crippen molar-refractivity contribution in [1.82, 2.24) is 0 Å². The van der Waals surface area contributed by atoms with Crippen LogP contribution < -0.4 is 5.73 Å². The molecule has 0 aliphatic rings. The Labute approximate surface area is 80.3 Å². The summed E-state index contributed by atoms with van der Waals surface area (Å²) in [4.78, 5) is 1.25. The maximum atomic E-state index is 5.67. The summed E-state index contributed by atoms with van der Waals surface area (Å²) in [6, 6.07) is 10.2. The molecule has 0 heterocycles. The van der Waals surface area contributed by atoms with E-state index in [1.54, 1.807) is 0 Å². The Morgan fingerprint density at radius 1 is 1.25 bits per heavy atom. The van der Waals surface area contributed by atoms with Gasteiger partial charge < -0.3 is 5.73 Å². The highest BCUT2D eigenvalue weighted by molar-refractivity contribution is 8.48. The molecular weight excluding hydrogens is 186 g/mol. The molecule has 1 nitrogen and oxygen atoms in total. The fourth-order valence-electron chi connectivity index (χ4n) is 0.877. The van der Waals surface area contributed by atoms with Crippen LogP contribution in [0, 0.1) is 0 Å². The number of benzene rings is 1. The summed E-state index contributed by atoms with van der Waals surface area (Å²) in [7, 11) is -1.07. The van der Waals surface area contributed by atoms with Gasteiger partial charge in [-0.05, 0) is 29.5 Å². The zero-order valence-corrected chi connectivity index (χ0v) is 8.91. The van der Waals surface area contributed by atoms with Crippen LogP contribution in [0.5, 0.6) is 0 Å². The zero-order valence-electron chi connectivity index (χ0n) is 7.28. The summed E-state index contributed by atoms with van der Waals surface area (Å²) in [5.41, 5.74) is 5.67. The molecule has 3 heteroatoms. The van der Waals surface area contributed by atoms with Crippen LogP contribution in [0.25, 0.3) is 0 Å². The first kappa shape index (κ1) is 9.55. The Hall–Kier alpha value is -0.540. The lowest BCUT2D eigenvalue weighted by atomic mass is 10.4. The highest BCUT2D eigenvalue weighted by Crippen LogP contribution is 2.48. The van der Waals surface area contributed by atoms with Gasteiger partial charge in [0.2, 0.25) is 0 Å². The van der Waals surface area contributed by atoms with E-state index in [1.165, 1.54) is 4.90 Å². The smallest absolute Gasteiger partial charge is 0.117 e. The van der Waals surface area contributed by atoms with Crippen LogP contribution in [0.1, 0.15) is 0 Å². The fourth-order valence-corrected chi connectivity index (χ4v) is 2.24. The van der Waals surface area contributed by atoms with Crippen molar-refractivity contribution in [3.8, 4) is 0 Å². The third-order valence-electron chi connectivity index (χ3n) is 1.84. The summed E-state index contributed by atoms with van der Waals surface area (Å²) >= 11 is 5.03. The van der Waals surface area contributed by atoms with E-state index in [4.69, 9.17) is 18.0 Å². The van der Waals surface area contributed by atoms with Crippen molar-refractivity contribution in [3.63, 3.8) is 0 Å². The SMILES string of the molecule is CS(C)(C(N)=S)c1ccccc1. The first-order valence-corrected chi connectivity index (χ1v) is 6.49. The van der Waals surface area contributed by atoms with Gasteiger partial charge in [-0.1, -0.05) is 30.4 Å². The van der Waals surface area contributed by atoms with Gasteiger partial charge in [0.05, 0.1) is 0 Å². The molecule has 0 aliphatic heterocycles. The van der Waals surface area contributed by atoms with E-state index in [-0.39, 0.29) is 0 Å². The zero-order chi connectivity index (χ0) is 9.19. The molecule has 0 spiro atoms. The Balaban J connectivity index is 3.06. The Morgan fingerprint density at radius 3 is 2.17 bits per heavy atom. The van der Waals surface area contributed by atoms with Crippen molar-refractivity contribution in [1.29, 1.82) is 0 Å². The van der Waals surface area contributed by atoms with Crippen LogP contribution in [0.3, 0.4) is 0 Å². The lowest BCUT2D eigenvalue weighted by molar-refractivity contribution is 1.45. The first-order chi connectivity index (χ1) is 5.55. The molecule has 1 aromatic carbocycles. The number of rotatable bonds is 1. The third kappa shape index (κ3) is 1.79. The molecule has 0 amide bonds. The molecule has 0 aliphatic carbocycles. The fraction of sp³-hybridized carbons (Fsp3) is 0.222. The largest absolute Gasteiger partial charge is 0.386 e. The molecule has 0 aromatic heterocycles. The lowest BCUT2D eigenvalue weighted by Crippen LogP contribution is -2.16. The molecular formula is C9H13NS2. The third-order valence-corrected chi connectivity index (χ3v) is 5.54. The van der Waals surface area contributed by atoms with Gasteiger partial charge in [0.1, 0.15) is 4.32 Å². The van der Waals surface area contributed by atoms with E-state index < -0.39 is 10.0 Å². The molecule has 12 heavy (non-hydrogen) atoms. The van der Waals surface area contributed by atoms with Crippen molar-refractivity contribution in [2.75, 3.05) is 12.5 Å². The predicted octanol–water partition coefficient (Wildman–Crippen LogP) is 2.35. The molecule has 66 valence electrons. The minimum Gasteiger partial charge on any atom is -0.386 e. The quantitative estimate of drug-likeness (QED) is 0.703. The standard InChI is InChI=1S/C9H13NS2/c1-12(2,9(10)11)8-6-4-3-5-7-8/h3-7H,1-2H3,(H2,10,11). The van der Waals surface area contributed by atoms with Crippen molar-refractivity contribution in [2.24, 2.45) is 5.73 Å². The van der Waals surface area contributed by atoms with Crippen LogP contribution in [-0.2, 0) is 0 Å². The van der Waals surface area contributed by atoms with Crippen LogP contribution in [0.15, 0.2) is 35.2 Å².